The molecule has 0 aliphatic rings. The first-order valence-corrected chi connectivity index (χ1v) is 6.53. The van der Waals surface area contributed by atoms with Gasteiger partial charge in [-0.1, -0.05) is 0 Å². The molecule has 0 spiro atoms. The van der Waals surface area contributed by atoms with E-state index in [0.717, 1.165) is 9.88 Å². The molecule has 0 N–H and O–H groups in total. The third-order valence-corrected chi connectivity index (χ3v) is 3.41. The second kappa shape index (κ2) is 6.12. The molecule has 0 atom stereocenters. The lowest BCUT2D eigenvalue weighted by Crippen LogP contribution is -2.39. The number of carbonyl (C=O) groups is 1. The number of hydrogen-bond acceptors (Lipinski definition) is 4. The number of hydrogen-bond donors (Lipinski definition) is 0. The van der Waals surface area contributed by atoms with Gasteiger partial charge >= 0.3 is 0 Å². The molecule has 0 radical (unpaired) electrons. The molecule has 0 aliphatic heterocycles. The topological polar surface area (TPSA) is 42.4 Å². The second-order valence-corrected chi connectivity index (χ2v) is 5.63. The molecule has 0 bridgehead atoms. The van der Waals surface area contributed by atoms with Crippen LogP contribution in [0.2, 0.25) is 0 Å². The minimum absolute atomic E-state index is 0.00102. The molecule has 1 amide bonds. The maximum absolute atomic E-state index is 12.3. The van der Waals surface area contributed by atoms with E-state index in [1.54, 1.807) is 23.3 Å². The minimum atomic E-state index is -0.00102. The van der Waals surface area contributed by atoms with Crippen LogP contribution in [0.15, 0.2) is 0 Å². The van der Waals surface area contributed by atoms with Crippen molar-refractivity contribution in [2.75, 3.05) is 20.3 Å². The Kier molecular flexibility index (Phi) is 5.08. The van der Waals surface area contributed by atoms with Crippen molar-refractivity contribution in [2.45, 2.75) is 33.7 Å². The Balaban J connectivity index is 2.87. The number of thiazole rings is 1. The highest BCUT2D eigenvalue weighted by atomic mass is 32.1. The predicted molar refractivity (Wildman–Crippen MR) is 69.6 cm³/mol. The summed E-state index contributed by atoms with van der Waals surface area (Å²) in [5.41, 5.74) is 0.581. The molecule has 1 aromatic rings. The van der Waals surface area contributed by atoms with Gasteiger partial charge in [-0.2, -0.15) is 0 Å². The van der Waals surface area contributed by atoms with Gasteiger partial charge in [-0.25, -0.2) is 4.98 Å². The molecular formula is C12H20N2O2S. The predicted octanol–water partition coefficient (Wildman–Crippen LogP) is 2.26. The zero-order valence-electron chi connectivity index (χ0n) is 11.1. The van der Waals surface area contributed by atoms with Gasteiger partial charge in [-0.05, 0) is 27.7 Å². The Morgan fingerprint density at radius 2 is 2.12 bits per heavy atom. The highest BCUT2D eigenvalue weighted by molar-refractivity contribution is 7.11. The van der Waals surface area contributed by atoms with Crippen molar-refractivity contribution in [2.24, 2.45) is 0 Å². The summed E-state index contributed by atoms with van der Waals surface area (Å²) in [6, 6.07) is 0.152. The van der Waals surface area contributed by atoms with Gasteiger partial charge in [-0.15, -0.1) is 11.3 Å². The van der Waals surface area contributed by atoms with E-state index in [9.17, 15) is 4.79 Å². The van der Waals surface area contributed by atoms with E-state index in [0.29, 0.717) is 18.8 Å². The van der Waals surface area contributed by atoms with E-state index in [-0.39, 0.29) is 11.9 Å². The highest BCUT2D eigenvalue weighted by Crippen LogP contribution is 2.19. The molecule has 1 aromatic heterocycles. The maximum atomic E-state index is 12.3. The first kappa shape index (κ1) is 14.1. The van der Waals surface area contributed by atoms with E-state index in [1.807, 2.05) is 27.7 Å². The lowest BCUT2D eigenvalue weighted by Gasteiger charge is -2.25. The van der Waals surface area contributed by atoms with E-state index in [4.69, 9.17) is 4.74 Å². The first-order valence-electron chi connectivity index (χ1n) is 5.71. The normalized spacial score (nSPS) is 10.9. The van der Waals surface area contributed by atoms with Crippen LogP contribution in [0.4, 0.5) is 0 Å². The largest absolute Gasteiger partial charge is 0.383 e. The number of rotatable bonds is 5. The first-order chi connectivity index (χ1) is 7.97. The van der Waals surface area contributed by atoms with Gasteiger partial charge in [0.25, 0.3) is 5.91 Å². The summed E-state index contributed by atoms with van der Waals surface area (Å²) in [7, 11) is 1.64. The fourth-order valence-electron chi connectivity index (χ4n) is 1.65. The van der Waals surface area contributed by atoms with Crippen molar-refractivity contribution in [3.8, 4) is 0 Å². The monoisotopic (exact) mass is 256 g/mol. The summed E-state index contributed by atoms with van der Waals surface area (Å²) in [5.74, 6) is -0.00102. The molecule has 0 aromatic carbocycles. The summed E-state index contributed by atoms with van der Waals surface area (Å²) >= 11 is 1.56. The Hall–Kier alpha value is -0.940. The van der Waals surface area contributed by atoms with Crippen LogP contribution < -0.4 is 0 Å². The molecule has 1 rings (SSSR count). The average molecular weight is 256 g/mol. The molecule has 17 heavy (non-hydrogen) atoms. The molecule has 1 heterocycles. The second-order valence-electron chi connectivity index (χ2n) is 4.22. The quantitative estimate of drug-likeness (QED) is 0.811. The van der Waals surface area contributed by atoms with Gasteiger partial charge in [0.1, 0.15) is 5.69 Å². The summed E-state index contributed by atoms with van der Waals surface area (Å²) < 4.78 is 5.03. The maximum Gasteiger partial charge on any atom is 0.273 e. The van der Waals surface area contributed by atoms with Crippen LogP contribution in [-0.2, 0) is 4.74 Å². The molecule has 0 saturated carbocycles. The minimum Gasteiger partial charge on any atom is -0.383 e. The highest BCUT2D eigenvalue weighted by Gasteiger charge is 2.22. The van der Waals surface area contributed by atoms with Crippen LogP contribution in [-0.4, -0.2) is 42.1 Å². The van der Waals surface area contributed by atoms with Crippen LogP contribution in [0.5, 0.6) is 0 Å². The van der Waals surface area contributed by atoms with Gasteiger partial charge in [0.15, 0.2) is 0 Å². The van der Waals surface area contributed by atoms with Gasteiger partial charge in [0.2, 0.25) is 0 Å². The van der Waals surface area contributed by atoms with Crippen molar-refractivity contribution < 1.29 is 9.53 Å². The number of nitrogens with zero attached hydrogens (tertiary/aromatic N) is 2. The molecule has 0 saturated heterocycles. The van der Waals surface area contributed by atoms with Crippen LogP contribution in [0.25, 0.3) is 0 Å². The molecule has 5 heteroatoms. The van der Waals surface area contributed by atoms with Crippen molar-refractivity contribution in [3.05, 3.63) is 15.6 Å². The molecule has 96 valence electrons. The van der Waals surface area contributed by atoms with Gasteiger partial charge < -0.3 is 9.64 Å². The summed E-state index contributed by atoms with van der Waals surface area (Å²) in [5, 5.41) is 0.932. The fourth-order valence-corrected chi connectivity index (χ4v) is 2.46. The van der Waals surface area contributed by atoms with Crippen LogP contribution in [0.1, 0.15) is 34.2 Å². The standard InChI is InChI=1S/C12H20N2O2S/c1-8(2)14(6-7-16-5)12(15)11-9(3)17-10(4)13-11/h8H,6-7H2,1-5H3. The van der Waals surface area contributed by atoms with Crippen LogP contribution >= 0.6 is 11.3 Å². The molecule has 4 nitrogen and oxygen atoms in total. The van der Waals surface area contributed by atoms with Gasteiger partial charge in [0, 0.05) is 24.6 Å². The fraction of sp³-hybridized carbons (Fsp3) is 0.667. The van der Waals surface area contributed by atoms with Crippen molar-refractivity contribution in [3.63, 3.8) is 0 Å². The van der Waals surface area contributed by atoms with Crippen LogP contribution in [0.3, 0.4) is 0 Å². The third kappa shape index (κ3) is 3.51. The Bertz CT molecular complexity index is 388. The SMILES string of the molecule is COCCN(C(=O)c1nc(C)sc1C)C(C)C. The van der Waals surface area contributed by atoms with E-state index in [2.05, 4.69) is 4.98 Å². The summed E-state index contributed by atoms with van der Waals surface area (Å²) in [6.45, 7) is 9.01. The molecule has 0 fully saturated rings. The number of aryl methyl sites for hydroxylation is 2. The summed E-state index contributed by atoms with van der Waals surface area (Å²) in [4.78, 5) is 19.4. The third-order valence-electron chi connectivity index (χ3n) is 2.53. The Morgan fingerprint density at radius 1 is 1.47 bits per heavy atom. The van der Waals surface area contributed by atoms with E-state index < -0.39 is 0 Å². The zero-order chi connectivity index (χ0) is 13.0. The molecule has 0 unspecified atom stereocenters. The van der Waals surface area contributed by atoms with Crippen molar-refractivity contribution in [1.82, 2.24) is 9.88 Å². The molecule has 0 aliphatic carbocycles. The van der Waals surface area contributed by atoms with Crippen molar-refractivity contribution in [1.29, 1.82) is 0 Å². The number of aromatic nitrogens is 1. The average Bonchev–Trinajstić information content (AvgIpc) is 2.57. The Labute approximate surface area is 107 Å². The van der Waals surface area contributed by atoms with E-state index >= 15 is 0 Å². The number of ether oxygens (including phenoxy) is 1. The summed E-state index contributed by atoms with van der Waals surface area (Å²) in [6.07, 6.45) is 0. The molecular weight excluding hydrogens is 236 g/mol. The lowest BCUT2D eigenvalue weighted by atomic mass is 10.2. The van der Waals surface area contributed by atoms with Crippen molar-refractivity contribution >= 4 is 17.2 Å². The zero-order valence-corrected chi connectivity index (χ0v) is 11.9. The van der Waals surface area contributed by atoms with Gasteiger partial charge in [-0.3, -0.25) is 4.79 Å². The number of carbonyl (C=O) groups excluding carboxylic acids is 1. The smallest absolute Gasteiger partial charge is 0.273 e. The Morgan fingerprint density at radius 3 is 2.53 bits per heavy atom. The lowest BCUT2D eigenvalue weighted by molar-refractivity contribution is 0.0629. The van der Waals surface area contributed by atoms with E-state index in [1.165, 1.54) is 0 Å². The van der Waals surface area contributed by atoms with Crippen LogP contribution in [0, 0.1) is 13.8 Å². The number of amides is 1. The van der Waals surface area contributed by atoms with Gasteiger partial charge in [0.05, 0.1) is 11.6 Å². The number of methoxy groups -OCH3 is 1.